The van der Waals surface area contributed by atoms with E-state index in [1.807, 2.05) is 0 Å². The average molecular weight is 282 g/mol. The van der Waals surface area contributed by atoms with Crippen molar-refractivity contribution in [3.63, 3.8) is 0 Å². The molecular formula is C13H22N4O3. The van der Waals surface area contributed by atoms with Crippen LogP contribution < -0.4 is 11.0 Å². The van der Waals surface area contributed by atoms with Gasteiger partial charge >= 0.3 is 5.69 Å². The first-order valence-corrected chi connectivity index (χ1v) is 7.11. The number of nitrogens with zero attached hydrogens (tertiary/aromatic N) is 3. The van der Waals surface area contributed by atoms with E-state index in [2.05, 4.69) is 10.4 Å². The third-order valence-corrected chi connectivity index (χ3v) is 3.88. The first-order chi connectivity index (χ1) is 9.58. The van der Waals surface area contributed by atoms with Crippen LogP contribution in [0.5, 0.6) is 0 Å². The van der Waals surface area contributed by atoms with Crippen LogP contribution in [0.2, 0.25) is 0 Å². The van der Waals surface area contributed by atoms with E-state index in [9.17, 15) is 14.7 Å². The summed E-state index contributed by atoms with van der Waals surface area (Å²) < 4.78 is 2.41. The highest BCUT2D eigenvalue weighted by molar-refractivity contribution is 5.75. The van der Waals surface area contributed by atoms with Gasteiger partial charge in [-0.2, -0.15) is 5.10 Å². The molecule has 1 fully saturated rings. The molecule has 0 saturated heterocycles. The smallest absolute Gasteiger partial charge is 0.345 e. The van der Waals surface area contributed by atoms with Crippen LogP contribution in [0.25, 0.3) is 0 Å². The van der Waals surface area contributed by atoms with Crippen molar-refractivity contribution in [3.05, 3.63) is 16.8 Å². The van der Waals surface area contributed by atoms with E-state index in [-0.39, 0.29) is 30.6 Å². The Morgan fingerprint density at radius 2 is 2.20 bits per heavy atom. The summed E-state index contributed by atoms with van der Waals surface area (Å²) in [4.78, 5) is 23.3. The van der Waals surface area contributed by atoms with Crippen molar-refractivity contribution >= 4 is 5.91 Å². The van der Waals surface area contributed by atoms with Gasteiger partial charge in [-0.1, -0.05) is 19.3 Å². The van der Waals surface area contributed by atoms with E-state index < -0.39 is 6.10 Å². The fourth-order valence-electron chi connectivity index (χ4n) is 2.63. The van der Waals surface area contributed by atoms with Gasteiger partial charge in [0.15, 0.2) is 0 Å². The van der Waals surface area contributed by atoms with Crippen LogP contribution in [0.15, 0.2) is 11.1 Å². The standard InChI is InChI=1S/C13H22N4O3/c1-16-9-15-17(13(16)20)8-12(19)14-7-11(18)10-5-3-2-4-6-10/h9-11,18H,2-8H2,1H3,(H,14,19). The lowest BCUT2D eigenvalue weighted by molar-refractivity contribution is -0.122. The summed E-state index contributed by atoms with van der Waals surface area (Å²) in [5.74, 6) is -0.0257. The Kier molecular flexibility index (Phi) is 4.94. The molecule has 1 aliphatic rings. The zero-order valence-electron chi connectivity index (χ0n) is 11.8. The summed E-state index contributed by atoms with van der Waals surface area (Å²) in [5.41, 5.74) is -0.326. The fraction of sp³-hybridized carbons (Fsp3) is 0.769. The zero-order valence-corrected chi connectivity index (χ0v) is 11.8. The molecule has 2 N–H and O–H groups in total. The van der Waals surface area contributed by atoms with Gasteiger partial charge in [0, 0.05) is 13.6 Å². The SMILES string of the molecule is Cn1cnn(CC(=O)NCC(O)C2CCCCC2)c1=O. The van der Waals surface area contributed by atoms with Crippen molar-refractivity contribution in [1.29, 1.82) is 0 Å². The molecule has 1 heterocycles. The summed E-state index contributed by atoms with van der Waals surface area (Å²) in [7, 11) is 1.58. The van der Waals surface area contributed by atoms with Crippen LogP contribution in [0.1, 0.15) is 32.1 Å². The highest BCUT2D eigenvalue weighted by Crippen LogP contribution is 2.26. The summed E-state index contributed by atoms with van der Waals surface area (Å²) in [5, 5.41) is 16.5. The number of nitrogens with one attached hydrogen (secondary N) is 1. The third kappa shape index (κ3) is 3.69. The number of aromatic nitrogens is 3. The number of aliphatic hydroxyl groups is 1. The van der Waals surface area contributed by atoms with Crippen molar-refractivity contribution < 1.29 is 9.90 Å². The lowest BCUT2D eigenvalue weighted by Gasteiger charge is -2.26. The Labute approximate surface area is 117 Å². The Morgan fingerprint density at radius 3 is 2.80 bits per heavy atom. The van der Waals surface area contributed by atoms with Crippen LogP contribution in [0, 0.1) is 5.92 Å². The number of aryl methyl sites for hydroxylation is 1. The van der Waals surface area contributed by atoms with Crippen LogP contribution in [0.4, 0.5) is 0 Å². The molecule has 7 nitrogen and oxygen atoms in total. The molecule has 0 aromatic carbocycles. The second kappa shape index (κ2) is 6.69. The first-order valence-electron chi connectivity index (χ1n) is 7.11. The molecule has 1 aliphatic carbocycles. The molecule has 20 heavy (non-hydrogen) atoms. The molecule has 1 aromatic rings. The van der Waals surface area contributed by atoms with Gasteiger partial charge in [-0.3, -0.25) is 9.36 Å². The van der Waals surface area contributed by atoms with E-state index in [1.54, 1.807) is 7.05 Å². The van der Waals surface area contributed by atoms with Gasteiger partial charge in [-0.05, 0) is 18.8 Å². The number of hydrogen-bond donors (Lipinski definition) is 2. The van der Waals surface area contributed by atoms with E-state index >= 15 is 0 Å². The predicted octanol–water partition coefficient (Wildman–Crippen LogP) is -0.361. The maximum Gasteiger partial charge on any atom is 0.345 e. The van der Waals surface area contributed by atoms with Gasteiger partial charge in [-0.15, -0.1) is 0 Å². The Morgan fingerprint density at radius 1 is 1.50 bits per heavy atom. The average Bonchev–Trinajstić information content (AvgIpc) is 2.78. The lowest BCUT2D eigenvalue weighted by atomic mass is 9.85. The molecule has 0 aliphatic heterocycles. The van der Waals surface area contributed by atoms with Crippen LogP contribution in [0.3, 0.4) is 0 Å². The summed E-state index contributed by atoms with van der Waals surface area (Å²) in [6.45, 7) is 0.127. The van der Waals surface area contributed by atoms with E-state index in [0.29, 0.717) is 0 Å². The molecular weight excluding hydrogens is 260 g/mol. The second-order valence-electron chi connectivity index (χ2n) is 5.45. The third-order valence-electron chi connectivity index (χ3n) is 3.88. The Bertz CT molecular complexity index is 502. The number of amides is 1. The molecule has 0 bridgehead atoms. The molecule has 112 valence electrons. The van der Waals surface area contributed by atoms with Crippen molar-refractivity contribution in [2.45, 2.75) is 44.8 Å². The number of carbonyl (C=O) groups is 1. The lowest BCUT2D eigenvalue weighted by Crippen LogP contribution is -2.40. The minimum absolute atomic E-state index is 0.114. The molecule has 2 rings (SSSR count). The fourth-order valence-corrected chi connectivity index (χ4v) is 2.63. The number of hydrogen-bond acceptors (Lipinski definition) is 4. The molecule has 1 saturated carbocycles. The van der Waals surface area contributed by atoms with Crippen molar-refractivity contribution in [2.24, 2.45) is 13.0 Å². The monoisotopic (exact) mass is 282 g/mol. The molecule has 1 unspecified atom stereocenters. The Hall–Kier alpha value is -1.63. The zero-order chi connectivity index (χ0) is 14.5. The van der Waals surface area contributed by atoms with Crippen LogP contribution in [-0.4, -0.2) is 38.0 Å². The summed E-state index contributed by atoms with van der Waals surface area (Å²) >= 11 is 0. The van der Waals surface area contributed by atoms with E-state index in [1.165, 1.54) is 17.3 Å². The highest BCUT2D eigenvalue weighted by Gasteiger charge is 2.22. The van der Waals surface area contributed by atoms with Crippen molar-refractivity contribution in [2.75, 3.05) is 6.54 Å². The molecule has 1 atom stereocenters. The number of aliphatic hydroxyl groups excluding tert-OH is 1. The van der Waals surface area contributed by atoms with Crippen LogP contribution >= 0.6 is 0 Å². The molecule has 1 aromatic heterocycles. The molecule has 7 heteroatoms. The van der Waals surface area contributed by atoms with Gasteiger partial charge in [0.05, 0.1) is 6.10 Å². The molecule has 0 spiro atoms. The Balaban J connectivity index is 1.77. The van der Waals surface area contributed by atoms with Crippen molar-refractivity contribution in [3.8, 4) is 0 Å². The molecule has 0 radical (unpaired) electrons. The second-order valence-corrected chi connectivity index (χ2v) is 5.45. The van der Waals surface area contributed by atoms with Gasteiger partial charge < -0.3 is 10.4 Å². The minimum atomic E-state index is -0.500. The van der Waals surface area contributed by atoms with E-state index in [4.69, 9.17) is 0 Å². The van der Waals surface area contributed by atoms with E-state index in [0.717, 1.165) is 30.4 Å². The van der Waals surface area contributed by atoms with Gasteiger partial charge in [0.25, 0.3) is 0 Å². The largest absolute Gasteiger partial charge is 0.391 e. The number of rotatable bonds is 5. The maximum atomic E-state index is 11.7. The van der Waals surface area contributed by atoms with Gasteiger partial charge in [0.1, 0.15) is 12.9 Å². The topological polar surface area (TPSA) is 89.2 Å². The number of carbonyl (C=O) groups excluding carboxylic acids is 1. The maximum absolute atomic E-state index is 11.7. The van der Waals surface area contributed by atoms with Crippen molar-refractivity contribution in [1.82, 2.24) is 19.7 Å². The summed E-state index contributed by atoms with van der Waals surface area (Å²) in [6, 6.07) is 0. The predicted molar refractivity (Wildman–Crippen MR) is 73.1 cm³/mol. The highest BCUT2D eigenvalue weighted by atomic mass is 16.3. The first kappa shape index (κ1) is 14.8. The normalized spacial score (nSPS) is 17.9. The summed E-state index contributed by atoms with van der Waals surface area (Å²) in [6.07, 6.45) is 6.45. The van der Waals surface area contributed by atoms with Crippen LogP contribution in [-0.2, 0) is 18.4 Å². The van der Waals surface area contributed by atoms with Gasteiger partial charge in [-0.25, -0.2) is 9.48 Å². The van der Waals surface area contributed by atoms with Gasteiger partial charge in [0.2, 0.25) is 5.91 Å². The molecule has 1 amide bonds. The quantitative estimate of drug-likeness (QED) is 0.772. The minimum Gasteiger partial charge on any atom is -0.391 e.